The molecule has 1 unspecified atom stereocenters. The Kier molecular flexibility index (Phi) is 3.40. The molecule has 13 heavy (non-hydrogen) atoms. The average molecular weight is 180 g/mol. The number of pyridine rings is 1. The molecule has 0 fully saturated rings. The minimum Gasteiger partial charge on any atom is -0.388 e. The van der Waals surface area contributed by atoms with Gasteiger partial charge in [0.05, 0.1) is 6.10 Å². The first-order chi connectivity index (χ1) is 6.20. The second-order valence-corrected chi connectivity index (χ2v) is 2.81. The molecule has 0 saturated heterocycles. The Morgan fingerprint density at radius 2 is 2.46 bits per heavy atom. The molecule has 0 aliphatic heterocycles. The molecule has 0 radical (unpaired) electrons. The molecule has 0 saturated carbocycles. The molecule has 1 aromatic heterocycles. The number of nitrogens with two attached hydrogens (primary N) is 1. The van der Waals surface area contributed by atoms with E-state index in [9.17, 15) is 9.90 Å². The van der Waals surface area contributed by atoms with Gasteiger partial charge in [-0.2, -0.15) is 0 Å². The summed E-state index contributed by atoms with van der Waals surface area (Å²) in [5.74, 6) is -0.400. The predicted octanol–water partition coefficient (Wildman–Crippen LogP) is 0.380. The van der Waals surface area contributed by atoms with E-state index < -0.39 is 12.0 Å². The van der Waals surface area contributed by atoms with E-state index >= 15 is 0 Å². The first-order valence-corrected chi connectivity index (χ1v) is 4.06. The molecule has 4 nitrogen and oxygen atoms in total. The van der Waals surface area contributed by atoms with E-state index in [0.717, 1.165) is 0 Å². The molecule has 4 heteroatoms. The number of amides is 1. The second-order valence-electron chi connectivity index (χ2n) is 2.81. The maximum atomic E-state index is 10.4. The summed E-state index contributed by atoms with van der Waals surface area (Å²) in [5.41, 5.74) is 5.66. The van der Waals surface area contributed by atoms with Gasteiger partial charge in [-0.3, -0.25) is 9.78 Å². The van der Waals surface area contributed by atoms with Gasteiger partial charge in [0, 0.05) is 18.8 Å². The van der Waals surface area contributed by atoms with Crippen LogP contribution in [0.25, 0.3) is 0 Å². The number of carbonyl (C=O) groups is 1. The van der Waals surface area contributed by atoms with Crippen molar-refractivity contribution in [1.82, 2.24) is 4.98 Å². The van der Waals surface area contributed by atoms with Crippen LogP contribution in [0.2, 0.25) is 0 Å². The summed E-state index contributed by atoms with van der Waals surface area (Å²) < 4.78 is 0. The Morgan fingerprint density at radius 3 is 3.00 bits per heavy atom. The highest BCUT2D eigenvalue weighted by Crippen LogP contribution is 2.15. The summed E-state index contributed by atoms with van der Waals surface area (Å²) in [4.78, 5) is 14.3. The van der Waals surface area contributed by atoms with Crippen LogP contribution in [0.1, 0.15) is 24.5 Å². The highest BCUT2D eigenvalue weighted by Gasteiger charge is 2.08. The van der Waals surface area contributed by atoms with Gasteiger partial charge >= 0.3 is 0 Å². The van der Waals surface area contributed by atoms with Gasteiger partial charge in [-0.15, -0.1) is 0 Å². The van der Waals surface area contributed by atoms with E-state index in [-0.39, 0.29) is 6.42 Å². The van der Waals surface area contributed by atoms with Gasteiger partial charge in [-0.1, -0.05) is 6.07 Å². The van der Waals surface area contributed by atoms with Crippen LogP contribution in [0, 0.1) is 0 Å². The largest absolute Gasteiger partial charge is 0.388 e. The fourth-order valence-electron chi connectivity index (χ4n) is 1.02. The Bertz CT molecular complexity index is 274. The maximum absolute atomic E-state index is 10.4. The molecule has 0 aromatic carbocycles. The third-order valence-corrected chi connectivity index (χ3v) is 1.73. The van der Waals surface area contributed by atoms with Gasteiger partial charge in [0.2, 0.25) is 5.91 Å². The van der Waals surface area contributed by atoms with E-state index in [0.29, 0.717) is 12.0 Å². The zero-order valence-corrected chi connectivity index (χ0v) is 7.18. The van der Waals surface area contributed by atoms with Crippen molar-refractivity contribution in [2.24, 2.45) is 5.73 Å². The number of hydrogen-bond donors (Lipinski definition) is 2. The van der Waals surface area contributed by atoms with Gasteiger partial charge in [-0.25, -0.2) is 0 Å². The van der Waals surface area contributed by atoms with Crippen molar-refractivity contribution >= 4 is 5.91 Å². The number of aliphatic hydroxyl groups is 1. The molecule has 70 valence electrons. The molecular weight excluding hydrogens is 168 g/mol. The van der Waals surface area contributed by atoms with Gasteiger partial charge < -0.3 is 10.8 Å². The summed E-state index contributed by atoms with van der Waals surface area (Å²) in [6.07, 6.45) is 3.09. The topological polar surface area (TPSA) is 76.2 Å². The van der Waals surface area contributed by atoms with Crippen LogP contribution in [0.15, 0.2) is 24.5 Å². The van der Waals surface area contributed by atoms with Crippen molar-refractivity contribution in [3.63, 3.8) is 0 Å². The van der Waals surface area contributed by atoms with Crippen molar-refractivity contribution in [1.29, 1.82) is 0 Å². The zero-order valence-electron chi connectivity index (χ0n) is 7.18. The lowest BCUT2D eigenvalue weighted by Gasteiger charge is -2.08. The fraction of sp³-hybridized carbons (Fsp3) is 0.333. The molecule has 1 atom stereocenters. The third kappa shape index (κ3) is 3.21. The summed E-state index contributed by atoms with van der Waals surface area (Å²) in [6.45, 7) is 0. The number of primary amides is 1. The van der Waals surface area contributed by atoms with Crippen molar-refractivity contribution in [3.8, 4) is 0 Å². The lowest BCUT2D eigenvalue weighted by atomic mass is 10.1. The molecule has 0 aliphatic carbocycles. The molecule has 3 N–H and O–H groups in total. The van der Waals surface area contributed by atoms with Gasteiger partial charge in [0.15, 0.2) is 0 Å². The molecular formula is C9H12N2O2. The van der Waals surface area contributed by atoms with Crippen LogP contribution >= 0.6 is 0 Å². The summed E-state index contributed by atoms with van der Waals surface area (Å²) >= 11 is 0. The normalized spacial score (nSPS) is 12.4. The highest BCUT2D eigenvalue weighted by atomic mass is 16.3. The van der Waals surface area contributed by atoms with Crippen LogP contribution in [-0.2, 0) is 4.79 Å². The molecule has 1 heterocycles. The first-order valence-electron chi connectivity index (χ1n) is 4.06. The average Bonchev–Trinajstić information content (AvgIpc) is 2.15. The van der Waals surface area contributed by atoms with Crippen molar-refractivity contribution in [3.05, 3.63) is 30.1 Å². The van der Waals surface area contributed by atoms with Gasteiger partial charge in [0.1, 0.15) is 0 Å². The number of aliphatic hydroxyl groups excluding tert-OH is 1. The van der Waals surface area contributed by atoms with Crippen LogP contribution in [0.3, 0.4) is 0 Å². The van der Waals surface area contributed by atoms with Crippen LogP contribution in [-0.4, -0.2) is 16.0 Å². The number of carbonyl (C=O) groups excluding carboxylic acids is 1. The van der Waals surface area contributed by atoms with Crippen LogP contribution < -0.4 is 5.73 Å². The van der Waals surface area contributed by atoms with E-state index in [2.05, 4.69) is 4.98 Å². The smallest absolute Gasteiger partial charge is 0.217 e. The fourth-order valence-corrected chi connectivity index (χ4v) is 1.02. The maximum Gasteiger partial charge on any atom is 0.217 e. The highest BCUT2D eigenvalue weighted by molar-refractivity contribution is 5.73. The molecule has 1 amide bonds. The molecule has 0 bridgehead atoms. The number of rotatable bonds is 4. The monoisotopic (exact) mass is 180 g/mol. The quantitative estimate of drug-likeness (QED) is 0.703. The van der Waals surface area contributed by atoms with E-state index in [1.54, 1.807) is 24.5 Å². The lowest BCUT2D eigenvalue weighted by Crippen LogP contribution is -2.12. The van der Waals surface area contributed by atoms with Crippen molar-refractivity contribution in [2.45, 2.75) is 18.9 Å². The third-order valence-electron chi connectivity index (χ3n) is 1.73. The number of nitrogens with zero attached hydrogens (tertiary/aromatic N) is 1. The number of hydrogen-bond acceptors (Lipinski definition) is 3. The zero-order chi connectivity index (χ0) is 9.68. The Morgan fingerprint density at radius 1 is 1.69 bits per heavy atom. The molecule has 1 aromatic rings. The summed E-state index contributed by atoms with van der Waals surface area (Å²) in [6, 6.07) is 3.50. The van der Waals surface area contributed by atoms with Gasteiger partial charge in [0.25, 0.3) is 0 Å². The van der Waals surface area contributed by atoms with Crippen molar-refractivity contribution in [2.75, 3.05) is 0 Å². The minimum atomic E-state index is -0.652. The van der Waals surface area contributed by atoms with Gasteiger partial charge in [-0.05, 0) is 18.1 Å². The van der Waals surface area contributed by atoms with Crippen LogP contribution in [0.5, 0.6) is 0 Å². The predicted molar refractivity (Wildman–Crippen MR) is 47.6 cm³/mol. The van der Waals surface area contributed by atoms with Crippen molar-refractivity contribution < 1.29 is 9.90 Å². The van der Waals surface area contributed by atoms with E-state index in [1.165, 1.54) is 0 Å². The lowest BCUT2D eigenvalue weighted by molar-refractivity contribution is -0.118. The Balaban J connectivity index is 2.49. The van der Waals surface area contributed by atoms with E-state index in [4.69, 9.17) is 5.73 Å². The summed E-state index contributed by atoms with van der Waals surface area (Å²) in [5, 5.41) is 9.52. The molecule has 1 rings (SSSR count). The summed E-state index contributed by atoms with van der Waals surface area (Å²) in [7, 11) is 0. The molecule has 0 spiro atoms. The first kappa shape index (κ1) is 9.67. The van der Waals surface area contributed by atoms with Crippen LogP contribution in [0.4, 0.5) is 0 Å². The van der Waals surface area contributed by atoms with E-state index in [1.807, 2.05) is 0 Å². The SMILES string of the molecule is NC(=O)CCC(O)c1cccnc1. The Labute approximate surface area is 76.4 Å². The minimum absolute atomic E-state index is 0.191. The Hall–Kier alpha value is -1.42. The standard InChI is InChI=1S/C9H12N2O2/c10-9(13)4-3-8(12)7-2-1-5-11-6-7/h1-2,5-6,8,12H,3-4H2,(H2,10,13). The number of aromatic nitrogens is 1. The second kappa shape index (κ2) is 4.57. The molecule has 0 aliphatic rings.